The standard InChI is InChI=1S/C19H25N5O3/c1-12(2)16(23-18(26)27-19(3,4)5)17(25)24-22-11-13-6-7-14-15(10-13)21-9-8-20-14/h6-12,16H,1-5H3,(H,23,26)(H,24,25)/b22-11+/t16-/m0/s1. The molecule has 2 aromatic rings. The fraction of sp³-hybridized carbons (Fsp3) is 0.421. The zero-order valence-corrected chi connectivity index (χ0v) is 16.2. The van der Waals surface area contributed by atoms with Crippen molar-refractivity contribution in [1.82, 2.24) is 20.7 Å². The maximum atomic E-state index is 12.4. The van der Waals surface area contributed by atoms with Crippen LogP contribution in [-0.2, 0) is 9.53 Å². The van der Waals surface area contributed by atoms with E-state index in [1.165, 1.54) is 6.21 Å². The number of benzene rings is 1. The van der Waals surface area contributed by atoms with Gasteiger partial charge in [-0.2, -0.15) is 5.10 Å². The number of fused-ring (bicyclic) bond motifs is 1. The lowest BCUT2D eigenvalue weighted by atomic mass is 10.0. The van der Waals surface area contributed by atoms with Crippen molar-refractivity contribution in [3.8, 4) is 0 Å². The van der Waals surface area contributed by atoms with E-state index in [1.807, 2.05) is 32.0 Å². The van der Waals surface area contributed by atoms with E-state index < -0.39 is 23.6 Å². The molecule has 0 radical (unpaired) electrons. The molecule has 0 fully saturated rings. The molecule has 0 bridgehead atoms. The Kier molecular flexibility index (Phi) is 6.44. The molecule has 2 N–H and O–H groups in total. The van der Waals surface area contributed by atoms with Crippen molar-refractivity contribution in [3.63, 3.8) is 0 Å². The van der Waals surface area contributed by atoms with Gasteiger partial charge >= 0.3 is 6.09 Å². The lowest BCUT2D eigenvalue weighted by molar-refractivity contribution is -0.124. The first-order chi connectivity index (χ1) is 12.7. The van der Waals surface area contributed by atoms with E-state index in [2.05, 4.69) is 25.8 Å². The molecule has 0 unspecified atom stereocenters. The van der Waals surface area contributed by atoms with Gasteiger partial charge < -0.3 is 10.1 Å². The summed E-state index contributed by atoms with van der Waals surface area (Å²) in [5, 5.41) is 6.55. The van der Waals surface area contributed by atoms with Crippen molar-refractivity contribution >= 4 is 29.2 Å². The third kappa shape index (κ3) is 6.32. The molecule has 2 amide bonds. The van der Waals surface area contributed by atoms with Gasteiger partial charge in [0.25, 0.3) is 5.91 Å². The predicted molar refractivity (Wildman–Crippen MR) is 103 cm³/mol. The van der Waals surface area contributed by atoms with E-state index in [-0.39, 0.29) is 5.92 Å². The van der Waals surface area contributed by atoms with Crippen LogP contribution in [0.1, 0.15) is 40.2 Å². The van der Waals surface area contributed by atoms with E-state index in [1.54, 1.807) is 33.2 Å². The van der Waals surface area contributed by atoms with Gasteiger partial charge in [-0.3, -0.25) is 14.8 Å². The van der Waals surface area contributed by atoms with Crippen LogP contribution >= 0.6 is 0 Å². The second-order valence-electron chi connectivity index (χ2n) is 7.41. The molecule has 8 heteroatoms. The Balaban J connectivity index is 1.99. The number of carbonyl (C=O) groups is 2. The van der Waals surface area contributed by atoms with Crippen molar-refractivity contribution in [2.75, 3.05) is 0 Å². The Labute approximate surface area is 158 Å². The van der Waals surface area contributed by atoms with E-state index in [0.29, 0.717) is 0 Å². The van der Waals surface area contributed by atoms with Crippen molar-refractivity contribution in [3.05, 3.63) is 36.2 Å². The molecule has 0 saturated heterocycles. The number of rotatable bonds is 5. The summed E-state index contributed by atoms with van der Waals surface area (Å²) in [4.78, 5) is 32.7. The predicted octanol–water partition coefficient (Wildman–Crippen LogP) is 2.63. The Hall–Kier alpha value is -3.03. The fourth-order valence-electron chi connectivity index (χ4n) is 2.27. The van der Waals surface area contributed by atoms with Crippen molar-refractivity contribution < 1.29 is 14.3 Å². The van der Waals surface area contributed by atoms with Crippen LogP contribution in [0.25, 0.3) is 11.0 Å². The number of hydrogen-bond donors (Lipinski definition) is 2. The smallest absolute Gasteiger partial charge is 0.408 e. The Morgan fingerprint density at radius 3 is 2.44 bits per heavy atom. The van der Waals surface area contributed by atoms with E-state index in [0.717, 1.165) is 16.6 Å². The van der Waals surface area contributed by atoms with Crippen LogP contribution in [0.5, 0.6) is 0 Å². The minimum Gasteiger partial charge on any atom is -0.444 e. The molecule has 1 heterocycles. The Bertz CT molecular complexity index is 843. The summed E-state index contributed by atoms with van der Waals surface area (Å²) in [6.07, 6.45) is 4.10. The van der Waals surface area contributed by atoms with Crippen LogP contribution in [0, 0.1) is 5.92 Å². The molecule has 0 aliphatic rings. The van der Waals surface area contributed by atoms with Gasteiger partial charge in [0.05, 0.1) is 17.2 Å². The first kappa shape index (κ1) is 20.3. The van der Waals surface area contributed by atoms with E-state index >= 15 is 0 Å². The zero-order valence-electron chi connectivity index (χ0n) is 16.2. The molecule has 1 atom stereocenters. The molecular weight excluding hydrogens is 346 g/mol. The van der Waals surface area contributed by atoms with Gasteiger partial charge in [0.1, 0.15) is 11.6 Å². The van der Waals surface area contributed by atoms with Crippen LogP contribution in [0.15, 0.2) is 35.7 Å². The molecule has 2 rings (SSSR count). The SMILES string of the molecule is CC(C)[C@H](NC(=O)OC(C)(C)C)C(=O)N/N=C/c1ccc2nccnc2c1. The second-order valence-corrected chi connectivity index (χ2v) is 7.41. The van der Waals surface area contributed by atoms with Gasteiger partial charge in [-0.15, -0.1) is 0 Å². The van der Waals surface area contributed by atoms with Crippen LogP contribution in [0.4, 0.5) is 4.79 Å². The number of hydrazone groups is 1. The Morgan fingerprint density at radius 1 is 1.15 bits per heavy atom. The number of nitrogens with zero attached hydrogens (tertiary/aromatic N) is 3. The summed E-state index contributed by atoms with van der Waals surface area (Å²) in [6.45, 7) is 8.93. The molecule has 0 aliphatic carbocycles. The minimum absolute atomic E-state index is 0.135. The van der Waals surface area contributed by atoms with Gasteiger partial charge in [-0.05, 0) is 44.4 Å². The number of amides is 2. The highest BCUT2D eigenvalue weighted by Gasteiger charge is 2.26. The third-order valence-corrected chi connectivity index (χ3v) is 3.50. The molecule has 27 heavy (non-hydrogen) atoms. The minimum atomic E-state index is -0.764. The highest BCUT2D eigenvalue weighted by atomic mass is 16.6. The summed E-state index contributed by atoms with van der Waals surface area (Å²) in [5.41, 5.74) is 4.09. The topological polar surface area (TPSA) is 106 Å². The van der Waals surface area contributed by atoms with Gasteiger partial charge in [0.15, 0.2) is 0 Å². The normalized spacial score (nSPS) is 13.0. The zero-order chi connectivity index (χ0) is 20.0. The fourth-order valence-corrected chi connectivity index (χ4v) is 2.27. The molecule has 1 aromatic heterocycles. The molecule has 8 nitrogen and oxygen atoms in total. The highest BCUT2D eigenvalue weighted by Crippen LogP contribution is 2.10. The largest absolute Gasteiger partial charge is 0.444 e. The van der Waals surface area contributed by atoms with E-state index in [4.69, 9.17) is 4.74 Å². The van der Waals surface area contributed by atoms with Crippen molar-refractivity contribution in [1.29, 1.82) is 0 Å². The summed E-state index contributed by atoms with van der Waals surface area (Å²) < 4.78 is 5.20. The summed E-state index contributed by atoms with van der Waals surface area (Å²) in [7, 11) is 0. The number of aromatic nitrogens is 2. The monoisotopic (exact) mass is 371 g/mol. The van der Waals surface area contributed by atoms with Crippen molar-refractivity contribution in [2.45, 2.75) is 46.3 Å². The summed E-state index contributed by atoms with van der Waals surface area (Å²) in [6, 6.07) is 4.70. The summed E-state index contributed by atoms with van der Waals surface area (Å²) >= 11 is 0. The molecule has 0 spiro atoms. The molecule has 0 saturated carbocycles. The van der Waals surface area contributed by atoms with Crippen LogP contribution < -0.4 is 10.7 Å². The van der Waals surface area contributed by atoms with Gasteiger partial charge in [-0.25, -0.2) is 10.2 Å². The first-order valence-corrected chi connectivity index (χ1v) is 8.69. The first-order valence-electron chi connectivity index (χ1n) is 8.69. The lowest BCUT2D eigenvalue weighted by Crippen LogP contribution is -2.49. The average Bonchev–Trinajstić information content (AvgIpc) is 2.57. The van der Waals surface area contributed by atoms with Crippen LogP contribution in [-0.4, -0.2) is 39.8 Å². The average molecular weight is 371 g/mol. The van der Waals surface area contributed by atoms with Crippen LogP contribution in [0.3, 0.4) is 0 Å². The third-order valence-electron chi connectivity index (χ3n) is 3.50. The lowest BCUT2D eigenvalue weighted by Gasteiger charge is -2.24. The molecule has 144 valence electrons. The van der Waals surface area contributed by atoms with Crippen molar-refractivity contribution in [2.24, 2.45) is 11.0 Å². The maximum absolute atomic E-state index is 12.4. The number of hydrogen-bond acceptors (Lipinski definition) is 6. The quantitative estimate of drug-likeness (QED) is 0.621. The second kappa shape index (κ2) is 8.57. The van der Waals surface area contributed by atoms with E-state index in [9.17, 15) is 9.59 Å². The summed E-state index contributed by atoms with van der Waals surface area (Å²) in [5.74, 6) is -0.559. The number of ether oxygens (including phenoxy) is 1. The number of carbonyl (C=O) groups excluding carboxylic acids is 2. The molecule has 0 aliphatic heterocycles. The maximum Gasteiger partial charge on any atom is 0.408 e. The highest BCUT2D eigenvalue weighted by molar-refractivity contribution is 5.89. The van der Waals surface area contributed by atoms with Gasteiger partial charge in [0, 0.05) is 12.4 Å². The number of nitrogens with one attached hydrogen (secondary N) is 2. The van der Waals surface area contributed by atoms with Crippen LogP contribution in [0.2, 0.25) is 0 Å². The van der Waals surface area contributed by atoms with Gasteiger partial charge in [0.2, 0.25) is 0 Å². The molecular formula is C19H25N5O3. The van der Waals surface area contributed by atoms with Gasteiger partial charge in [-0.1, -0.05) is 19.9 Å². The molecule has 1 aromatic carbocycles. The number of alkyl carbamates (subject to hydrolysis) is 1. The Morgan fingerprint density at radius 2 is 1.81 bits per heavy atom.